The Balaban J connectivity index is 2.35. The first-order valence-electron chi connectivity index (χ1n) is 7.59. The largest absolute Gasteiger partial charge is 0.478 e. The Morgan fingerprint density at radius 3 is 1.36 bits per heavy atom. The average molecular weight is 333 g/mol. The standard InChI is InChI=1S/C20H15NO4/c22-19(23)16-12-7-13-17(20(24)25)18(16)21(14-8-3-1-4-9-14)15-10-5-2-6-11-15/h1-13H,(H,22,23)(H,24,25). The van der Waals surface area contributed by atoms with Crippen molar-refractivity contribution < 1.29 is 19.8 Å². The van der Waals surface area contributed by atoms with Crippen molar-refractivity contribution in [3.63, 3.8) is 0 Å². The number of carboxylic acids is 2. The Bertz CT molecular complexity index is 836. The van der Waals surface area contributed by atoms with Crippen LogP contribution in [-0.2, 0) is 0 Å². The number of aromatic carboxylic acids is 2. The number of benzene rings is 3. The molecule has 0 radical (unpaired) electrons. The van der Waals surface area contributed by atoms with E-state index in [1.165, 1.54) is 18.2 Å². The van der Waals surface area contributed by atoms with E-state index in [0.717, 1.165) is 0 Å². The van der Waals surface area contributed by atoms with Crippen LogP contribution in [0.4, 0.5) is 17.1 Å². The van der Waals surface area contributed by atoms with Gasteiger partial charge in [-0.25, -0.2) is 9.59 Å². The monoisotopic (exact) mass is 333 g/mol. The third-order valence-corrected chi connectivity index (χ3v) is 3.75. The van der Waals surface area contributed by atoms with Crippen molar-refractivity contribution in [1.82, 2.24) is 0 Å². The second-order valence-electron chi connectivity index (χ2n) is 5.32. The van der Waals surface area contributed by atoms with Gasteiger partial charge in [0.2, 0.25) is 0 Å². The molecule has 5 nitrogen and oxygen atoms in total. The van der Waals surface area contributed by atoms with Crippen molar-refractivity contribution in [2.75, 3.05) is 4.90 Å². The Labute approximate surface area is 144 Å². The van der Waals surface area contributed by atoms with Crippen molar-refractivity contribution in [2.45, 2.75) is 0 Å². The molecule has 0 heterocycles. The van der Waals surface area contributed by atoms with Gasteiger partial charge < -0.3 is 15.1 Å². The predicted molar refractivity (Wildman–Crippen MR) is 95.0 cm³/mol. The maximum atomic E-state index is 11.7. The van der Waals surface area contributed by atoms with E-state index in [0.29, 0.717) is 11.4 Å². The first kappa shape index (κ1) is 16.3. The molecule has 0 aliphatic rings. The first-order chi connectivity index (χ1) is 12.1. The molecule has 0 fully saturated rings. The highest BCUT2D eigenvalue weighted by Crippen LogP contribution is 2.38. The summed E-state index contributed by atoms with van der Waals surface area (Å²) < 4.78 is 0. The third-order valence-electron chi connectivity index (χ3n) is 3.75. The molecule has 3 aromatic carbocycles. The van der Waals surface area contributed by atoms with Gasteiger partial charge in [0, 0.05) is 11.4 Å². The van der Waals surface area contributed by atoms with E-state index in [4.69, 9.17) is 0 Å². The topological polar surface area (TPSA) is 77.8 Å². The SMILES string of the molecule is O=C(O)c1cccc(C(=O)O)c1N(c1ccccc1)c1ccccc1. The highest BCUT2D eigenvalue weighted by atomic mass is 16.4. The van der Waals surface area contributed by atoms with E-state index < -0.39 is 11.9 Å². The van der Waals surface area contributed by atoms with Gasteiger partial charge >= 0.3 is 11.9 Å². The van der Waals surface area contributed by atoms with Gasteiger partial charge in [0.05, 0.1) is 16.8 Å². The maximum Gasteiger partial charge on any atom is 0.337 e. The molecule has 0 amide bonds. The van der Waals surface area contributed by atoms with E-state index in [1.807, 2.05) is 36.4 Å². The minimum absolute atomic E-state index is 0.0763. The molecule has 2 N–H and O–H groups in total. The van der Waals surface area contributed by atoms with E-state index in [-0.39, 0.29) is 16.8 Å². The van der Waals surface area contributed by atoms with Gasteiger partial charge in [-0.05, 0) is 36.4 Å². The molecule has 0 atom stereocenters. The van der Waals surface area contributed by atoms with Gasteiger partial charge in [0.1, 0.15) is 0 Å². The molecule has 0 spiro atoms. The lowest BCUT2D eigenvalue weighted by molar-refractivity contribution is 0.0696. The summed E-state index contributed by atoms with van der Waals surface area (Å²) in [4.78, 5) is 25.1. The van der Waals surface area contributed by atoms with E-state index >= 15 is 0 Å². The van der Waals surface area contributed by atoms with Crippen LogP contribution < -0.4 is 4.90 Å². The molecule has 0 bridgehead atoms. The number of nitrogens with zero attached hydrogens (tertiary/aromatic N) is 1. The zero-order chi connectivity index (χ0) is 17.8. The van der Waals surface area contributed by atoms with Crippen LogP contribution in [0.5, 0.6) is 0 Å². The van der Waals surface area contributed by atoms with Crippen LogP contribution in [-0.4, -0.2) is 22.2 Å². The molecule has 124 valence electrons. The van der Waals surface area contributed by atoms with Crippen molar-refractivity contribution in [2.24, 2.45) is 0 Å². The zero-order valence-corrected chi connectivity index (χ0v) is 13.2. The summed E-state index contributed by atoms with van der Waals surface area (Å²) in [5.74, 6) is -2.37. The predicted octanol–water partition coefficient (Wildman–Crippen LogP) is 4.55. The van der Waals surface area contributed by atoms with Crippen LogP contribution in [0.15, 0.2) is 78.9 Å². The van der Waals surface area contributed by atoms with Gasteiger partial charge in [-0.2, -0.15) is 0 Å². The fourth-order valence-electron chi connectivity index (χ4n) is 2.69. The van der Waals surface area contributed by atoms with Crippen molar-refractivity contribution >= 4 is 29.0 Å². The summed E-state index contributed by atoms with van der Waals surface area (Å²) >= 11 is 0. The third kappa shape index (κ3) is 3.21. The van der Waals surface area contributed by atoms with Crippen LogP contribution >= 0.6 is 0 Å². The normalized spacial score (nSPS) is 10.2. The van der Waals surface area contributed by atoms with Crippen LogP contribution in [0, 0.1) is 0 Å². The summed E-state index contributed by atoms with van der Waals surface area (Å²) in [6.45, 7) is 0. The van der Waals surface area contributed by atoms with Crippen molar-refractivity contribution in [3.8, 4) is 0 Å². The van der Waals surface area contributed by atoms with Crippen LogP contribution in [0.2, 0.25) is 0 Å². The molecule has 0 saturated heterocycles. The van der Waals surface area contributed by atoms with Crippen LogP contribution in [0.3, 0.4) is 0 Å². The quantitative estimate of drug-likeness (QED) is 0.716. The minimum Gasteiger partial charge on any atom is -0.478 e. The zero-order valence-electron chi connectivity index (χ0n) is 13.2. The van der Waals surface area contributed by atoms with Gasteiger partial charge in [0.25, 0.3) is 0 Å². The number of carboxylic acid groups (broad SMARTS) is 2. The van der Waals surface area contributed by atoms with Gasteiger partial charge in [-0.1, -0.05) is 42.5 Å². The minimum atomic E-state index is -1.19. The molecule has 5 heteroatoms. The Hall–Kier alpha value is -3.60. The molecule has 25 heavy (non-hydrogen) atoms. The van der Waals surface area contributed by atoms with Gasteiger partial charge in [0.15, 0.2) is 0 Å². The van der Waals surface area contributed by atoms with E-state index in [1.54, 1.807) is 29.2 Å². The Morgan fingerprint density at radius 1 is 0.600 bits per heavy atom. The molecule has 0 aromatic heterocycles. The number of anilines is 3. The summed E-state index contributed by atoms with van der Waals surface area (Å²) in [5, 5.41) is 19.2. The fourth-order valence-corrected chi connectivity index (χ4v) is 2.69. The average Bonchev–Trinajstić information content (AvgIpc) is 2.63. The lowest BCUT2D eigenvalue weighted by Crippen LogP contribution is -2.18. The second-order valence-corrected chi connectivity index (χ2v) is 5.32. The summed E-state index contributed by atoms with van der Waals surface area (Å²) in [7, 11) is 0. The number of hydrogen-bond donors (Lipinski definition) is 2. The molecule has 3 rings (SSSR count). The number of carbonyl (C=O) groups is 2. The summed E-state index contributed by atoms with van der Waals surface area (Å²) in [5.41, 5.74) is 1.31. The first-order valence-corrected chi connectivity index (χ1v) is 7.59. The van der Waals surface area contributed by atoms with Gasteiger partial charge in [-0.3, -0.25) is 0 Å². The van der Waals surface area contributed by atoms with Gasteiger partial charge in [-0.15, -0.1) is 0 Å². The molecule has 0 unspecified atom stereocenters. The highest BCUT2D eigenvalue weighted by molar-refractivity contribution is 6.06. The second kappa shape index (κ2) is 6.88. The van der Waals surface area contributed by atoms with Crippen molar-refractivity contribution in [3.05, 3.63) is 90.0 Å². The van der Waals surface area contributed by atoms with E-state index in [9.17, 15) is 19.8 Å². The lowest BCUT2D eigenvalue weighted by Gasteiger charge is -2.28. The fraction of sp³-hybridized carbons (Fsp3) is 0. The molecule has 3 aromatic rings. The molecular weight excluding hydrogens is 318 g/mol. The smallest absolute Gasteiger partial charge is 0.337 e. The number of rotatable bonds is 5. The van der Waals surface area contributed by atoms with Crippen molar-refractivity contribution in [1.29, 1.82) is 0 Å². The summed E-state index contributed by atoms with van der Waals surface area (Å²) in [6, 6.07) is 22.4. The summed E-state index contributed by atoms with van der Waals surface area (Å²) in [6.07, 6.45) is 0. The van der Waals surface area contributed by atoms with Crippen LogP contribution in [0.25, 0.3) is 0 Å². The maximum absolute atomic E-state index is 11.7. The highest BCUT2D eigenvalue weighted by Gasteiger charge is 2.25. The lowest BCUT2D eigenvalue weighted by atomic mass is 10.0. The molecule has 0 saturated carbocycles. The van der Waals surface area contributed by atoms with Crippen LogP contribution in [0.1, 0.15) is 20.7 Å². The molecule has 0 aliphatic carbocycles. The Morgan fingerprint density at radius 2 is 1.00 bits per heavy atom. The molecule has 0 aliphatic heterocycles. The van der Waals surface area contributed by atoms with E-state index in [2.05, 4.69) is 0 Å². The molecular formula is C20H15NO4. The Kier molecular flexibility index (Phi) is 4.48. The number of hydrogen-bond acceptors (Lipinski definition) is 3. The number of para-hydroxylation sites is 3.